The van der Waals surface area contributed by atoms with Crippen LogP contribution >= 0.6 is 0 Å². The van der Waals surface area contributed by atoms with E-state index in [9.17, 15) is 4.79 Å². The number of aromatic nitrogens is 2. The van der Waals surface area contributed by atoms with E-state index < -0.39 is 0 Å². The molecule has 3 aromatic rings. The number of nitrogens with one attached hydrogen (secondary N) is 3. The van der Waals surface area contributed by atoms with Crippen molar-refractivity contribution in [1.82, 2.24) is 20.4 Å². The molecule has 1 heterocycles. The lowest BCUT2D eigenvalue weighted by Crippen LogP contribution is -2.37. The standard InChI is InChI=1S/C25H30N6O/c1-26-25(27-15-13-19-9-11-23(12-10-19)31-16-4-14-29-31)28-18-20-5-2-8-22(17-20)30-24(32)21-6-3-7-21/h2,4-5,8-12,14,16-17,21H,3,6-7,13,15,18H2,1H3,(H,30,32)(H2,26,27,28). The zero-order valence-electron chi connectivity index (χ0n) is 18.4. The number of hydrogen-bond donors (Lipinski definition) is 3. The molecular formula is C25H30N6O. The van der Waals surface area contributed by atoms with E-state index in [-0.39, 0.29) is 11.8 Å². The summed E-state index contributed by atoms with van der Waals surface area (Å²) in [7, 11) is 1.77. The third kappa shape index (κ3) is 5.75. The molecule has 3 N–H and O–H groups in total. The molecule has 1 amide bonds. The monoisotopic (exact) mass is 430 g/mol. The molecular weight excluding hydrogens is 400 g/mol. The van der Waals surface area contributed by atoms with Crippen molar-refractivity contribution in [1.29, 1.82) is 0 Å². The molecule has 1 aliphatic carbocycles. The van der Waals surface area contributed by atoms with Gasteiger partial charge in [0.05, 0.1) is 5.69 Å². The number of carbonyl (C=O) groups is 1. The van der Waals surface area contributed by atoms with Gasteiger partial charge in [-0.3, -0.25) is 9.79 Å². The highest BCUT2D eigenvalue weighted by Gasteiger charge is 2.25. The van der Waals surface area contributed by atoms with E-state index in [0.29, 0.717) is 6.54 Å². The molecule has 32 heavy (non-hydrogen) atoms. The number of rotatable bonds is 8. The normalized spacial score (nSPS) is 14.0. The van der Waals surface area contributed by atoms with E-state index in [2.05, 4.69) is 50.3 Å². The summed E-state index contributed by atoms with van der Waals surface area (Å²) in [6.45, 7) is 1.41. The molecule has 1 saturated carbocycles. The number of carbonyl (C=O) groups excluding carboxylic acids is 1. The highest BCUT2D eigenvalue weighted by atomic mass is 16.1. The predicted octanol–water partition coefficient (Wildman–Crippen LogP) is 3.52. The van der Waals surface area contributed by atoms with Crippen molar-refractivity contribution >= 4 is 17.6 Å². The molecule has 0 bridgehead atoms. The van der Waals surface area contributed by atoms with E-state index in [1.165, 1.54) is 5.56 Å². The average molecular weight is 431 g/mol. The first-order chi connectivity index (χ1) is 15.7. The van der Waals surface area contributed by atoms with Crippen LogP contribution in [0.5, 0.6) is 0 Å². The van der Waals surface area contributed by atoms with Crippen molar-refractivity contribution in [2.24, 2.45) is 10.9 Å². The summed E-state index contributed by atoms with van der Waals surface area (Å²) in [6, 6.07) is 18.3. The first-order valence-electron chi connectivity index (χ1n) is 11.1. The SMILES string of the molecule is CN=C(NCCc1ccc(-n2cccn2)cc1)NCc1cccc(NC(=O)C2CCC2)c1. The van der Waals surface area contributed by atoms with Crippen molar-refractivity contribution in [2.75, 3.05) is 18.9 Å². The minimum atomic E-state index is 0.136. The predicted molar refractivity (Wildman–Crippen MR) is 128 cm³/mol. The van der Waals surface area contributed by atoms with E-state index in [0.717, 1.165) is 55.1 Å². The topological polar surface area (TPSA) is 83.3 Å². The fourth-order valence-electron chi connectivity index (χ4n) is 3.64. The Morgan fingerprint density at radius 1 is 1.09 bits per heavy atom. The van der Waals surface area contributed by atoms with Gasteiger partial charge in [0.25, 0.3) is 0 Å². The van der Waals surface area contributed by atoms with Crippen LogP contribution in [0.25, 0.3) is 5.69 Å². The maximum absolute atomic E-state index is 12.2. The highest BCUT2D eigenvalue weighted by molar-refractivity contribution is 5.93. The van der Waals surface area contributed by atoms with Gasteiger partial charge in [-0.15, -0.1) is 0 Å². The first-order valence-corrected chi connectivity index (χ1v) is 11.1. The smallest absolute Gasteiger partial charge is 0.227 e. The van der Waals surface area contributed by atoms with E-state index in [1.54, 1.807) is 13.2 Å². The Morgan fingerprint density at radius 3 is 2.62 bits per heavy atom. The summed E-state index contributed by atoms with van der Waals surface area (Å²) in [5.74, 6) is 1.07. The number of benzene rings is 2. The molecule has 0 unspecified atom stereocenters. The van der Waals surface area contributed by atoms with Crippen LogP contribution in [-0.2, 0) is 17.8 Å². The first kappa shape index (κ1) is 21.6. The van der Waals surface area contributed by atoms with Gasteiger partial charge in [-0.2, -0.15) is 5.10 Å². The van der Waals surface area contributed by atoms with Crippen LogP contribution in [0, 0.1) is 5.92 Å². The molecule has 1 aromatic heterocycles. The van der Waals surface area contributed by atoms with Crippen molar-refractivity contribution in [2.45, 2.75) is 32.2 Å². The van der Waals surface area contributed by atoms with Gasteiger partial charge in [-0.05, 0) is 60.7 Å². The Balaban J connectivity index is 1.22. The lowest BCUT2D eigenvalue weighted by Gasteiger charge is -2.24. The van der Waals surface area contributed by atoms with Crippen LogP contribution in [0.2, 0.25) is 0 Å². The maximum Gasteiger partial charge on any atom is 0.227 e. The Morgan fingerprint density at radius 2 is 1.94 bits per heavy atom. The van der Waals surface area contributed by atoms with Crippen LogP contribution in [0.15, 0.2) is 72.0 Å². The minimum absolute atomic E-state index is 0.136. The molecule has 0 radical (unpaired) electrons. The summed E-state index contributed by atoms with van der Waals surface area (Å²) >= 11 is 0. The molecule has 2 aromatic carbocycles. The number of anilines is 1. The highest BCUT2D eigenvalue weighted by Crippen LogP contribution is 2.27. The van der Waals surface area contributed by atoms with Crippen molar-refractivity contribution in [3.05, 3.63) is 78.1 Å². The summed E-state index contributed by atoms with van der Waals surface area (Å²) in [5.41, 5.74) is 4.24. The third-order valence-corrected chi connectivity index (χ3v) is 5.77. The second-order valence-electron chi connectivity index (χ2n) is 8.04. The minimum Gasteiger partial charge on any atom is -0.356 e. The quantitative estimate of drug-likeness (QED) is 0.377. The summed E-state index contributed by atoms with van der Waals surface area (Å²) in [4.78, 5) is 16.5. The van der Waals surface area contributed by atoms with E-state index in [4.69, 9.17) is 0 Å². The molecule has 1 aliphatic rings. The zero-order chi connectivity index (χ0) is 22.2. The van der Waals surface area contributed by atoms with Gasteiger partial charge in [0, 0.05) is 44.1 Å². The van der Waals surface area contributed by atoms with Gasteiger partial charge in [0.1, 0.15) is 0 Å². The molecule has 0 spiro atoms. The van der Waals surface area contributed by atoms with Crippen LogP contribution < -0.4 is 16.0 Å². The van der Waals surface area contributed by atoms with Gasteiger partial charge in [-0.25, -0.2) is 4.68 Å². The van der Waals surface area contributed by atoms with Crippen LogP contribution in [0.4, 0.5) is 5.69 Å². The molecule has 4 rings (SSSR count). The molecule has 7 nitrogen and oxygen atoms in total. The number of amides is 1. The summed E-state index contributed by atoms with van der Waals surface area (Å²) < 4.78 is 1.85. The van der Waals surface area contributed by atoms with E-state index >= 15 is 0 Å². The third-order valence-electron chi connectivity index (χ3n) is 5.77. The van der Waals surface area contributed by atoms with Gasteiger partial charge in [0.15, 0.2) is 5.96 Å². The second-order valence-corrected chi connectivity index (χ2v) is 8.04. The second kappa shape index (κ2) is 10.6. The van der Waals surface area contributed by atoms with Crippen LogP contribution in [0.3, 0.4) is 0 Å². The Bertz CT molecular complexity index is 1040. The van der Waals surface area contributed by atoms with Gasteiger partial charge in [-0.1, -0.05) is 30.7 Å². The van der Waals surface area contributed by atoms with Crippen molar-refractivity contribution in [3.8, 4) is 5.69 Å². The fraction of sp³-hybridized carbons (Fsp3) is 0.320. The molecule has 7 heteroatoms. The molecule has 0 saturated heterocycles. The number of guanidine groups is 1. The van der Waals surface area contributed by atoms with Crippen molar-refractivity contribution < 1.29 is 4.79 Å². The molecule has 0 aliphatic heterocycles. The summed E-state index contributed by atoms with van der Waals surface area (Å²) in [6.07, 6.45) is 7.77. The number of nitrogens with zero attached hydrogens (tertiary/aromatic N) is 3. The van der Waals surface area contributed by atoms with E-state index in [1.807, 2.05) is 41.2 Å². The van der Waals surface area contributed by atoms with Crippen LogP contribution in [-0.4, -0.2) is 35.2 Å². The molecule has 0 atom stereocenters. The maximum atomic E-state index is 12.2. The number of aliphatic imine (C=N–C) groups is 1. The van der Waals surface area contributed by atoms with Gasteiger partial charge in [0.2, 0.25) is 5.91 Å². The lowest BCUT2D eigenvalue weighted by molar-refractivity contribution is -0.122. The van der Waals surface area contributed by atoms with Crippen LogP contribution in [0.1, 0.15) is 30.4 Å². The molecule has 1 fully saturated rings. The lowest BCUT2D eigenvalue weighted by atomic mass is 9.85. The Kier molecular flexibility index (Phi) is 7.17. The Labute approximate surface area is 189 Å². The Hall–Kier alpha value is -3.61. The molecule has 166 valence electrons. The summed E-state index contributed by atoms with van der Waals surface area (Å²) in [5, 5.41) is 14.0. The fourth-order valence-corrected chi connectivity index (χ4v) is 3.64. The average Bonchev–Trinajstić information content (AvgIpc) is 3.30. The van der Waals surface area contributed by atoms with Gasteiger partial charge >= 0.3 is 0 Å². The number of hydrogen-bond acceptors (Lipinski definition) is 3. The van der Waals surface area contributed by atoms with Crippen molar-refractivity contribution in [3.63, 3.8) is 0 Å². The van der Waals surface area contributed by atoms with Gasteiger partial charge < -0.3 is 16.0 Å². The zero-order valence-corrected chi connectivity index (χ0v) is 18.4. The largest absolute Gasteiger partial charge is 0.356 e.